The topological polar surface area (TPSA) is 65.5 Å². The van der Waals surface area contributed by atoms with Crippen molar-refractivity contribution in [2.24, 2.45) is 0 Å². The van der Waals surface area contributed by atoms with Gasteiger partial charge in [-0.25, -0.2) is 14.4 Å². The number of benzene rings is 3. The van der Waals surface area contributed by atoms with Gasteiger partial charge in [-0.2, -0.15) is 0 Å². The van der Waals surface area contributed by atoms with Gasteiger partial charge in [-0.1, -0.05) is 23.7 Å². The van der Waals surface area contributed by atoms with E-state index in [4.69, 9.17) is 35.8 Å². The highest BCUT2D eigenvalue weighted by Crippen LogP contribution is 2.41. The summed E-state index contributed by atoms with van der Waals surface area (Å²) in [6.45, 7) is 0. The molecule has 1 heterocycles. The highest BCUT2D eigenvalue weighted by Gasteiger charge is 2.17. The van der Waals surface area contributed by atoms with Gasteiger partial charge in [-0.05, 0) is 42.5 Å². The van der Waals surface area contributed by atoms with E-state index in [2.05, 4.69) is 5.32 Å². The Balaban J connectivity index is 1.89. The van der Waals surface area contributed by atoms with E-state index in [0.717, 1.165) is 10.9 Å². The zero-order valence-electron chi connectivity index (χ0n) is 17.1. The van der Waals surface area contributed by atoms with E-state index in [1.807, 2.05) is 24.3 Å². The van der Waals surface area contributed by atoms with Crippen molar-refractivity contribution in [3.63, 3.8) is 0 Å². The van der Waals surface area contributed by atoms with Gasteiger partial charge < -0.3 is 19.5 Å². The average Bonchev–Trinajstić information content (AvgIpc) is 2.79. The molecule has 0 bridgehead atoms. The SMILES string of the molecule is COc1cc(-c2nc(Nc3ccc(F)cc3Cl)c3ccccc3n2)cc(OC)c1OC. The number of halogens is 2. The van der Waals surface area contributed by atoms with Crippen LogP contribution < -0.4 is 19.5 Å². The predicted octanol–water partition coefficient (Wildman–Crippen LogP) is 5.86. The van der Waals surface area contributed by atoms with Crippen molar-refractivity contribution in [3.8, 4) is 28.6 Å². The van der Waals surface area contributed by atoms with Gasteiger partial charge in [0.15, 0.2) is 17.3 Å². The third-order valence-electron chi connectivity index (χ3n) is 4.71. The Hall–Kier alpha value is -3.58. The van der Waals surface area contributed by atoms with Gasteiger partial charge in [0.2, 0.25) is 5.75 Å². The number of nitrogens with one attached hydrogen (secondary N) is 1. The van der Waals surface area contributed by atoms with Crippen molar-refractivity contribution in [1.29, 1.82) is 0 Å². The standard InChI is InChI=1S/C23H19ClFN3O3/c1-29-19-10-13(11-20(30-2)21(19)31-3)22-26-17-7-5-4-6-15(17)23(28-22)27-18-9-8-14(25)12-16(18)24/h4-12H,1-3H3,(H,26,27,28). The number of rotatable bonds is 6. The molecule has 3 aromatic carbocycles. The van der Waals surface area contributed by atoms with Gasteiger partial charge in [0, 0.05) is 10.9 Å². The van der Waals surface area contributed by atoms with Crippen LogP contribution >= 0.6 is 11.6 Å². The molecule has 4 rings (SSSR count). The highest BCUT2D eigenvalue weighted by molar-refractivity contribution is 6.33. The van der Waals surface area contributed by atoms with E-state index in [-0.39, 0.29) is 5.02 Å². The summed E-state index contributed by atoms with van der Waals surface area (Å²) in [7, 11) is 4.64. The van der Waals surface area contributed by atoms with Gasteiger partial charge in [0.1, 0.15) is 11.6 Å². The summed E-state index contributed by atoms with van der Waals surface area (Å²) in [6, 6.07) is 15.3. The molecule has 0 aliphatic heterocycles. The van der Waals surface area contributed by atoms with Gasteiger partial charge in [-0.3, -0.25) is 0 Å². The second kappa shape index (κ2) is 8.65. The van der Waals surface area contributed by atoms with Crippen LogP contribution in [-0.4, -0.2) is 31.3 Å². The van der Waals surface area contributed by atoms with Crippen LogP contribution in [0.1, 0.15) is 0 Å². The summed E-state index contributed by atoms with van der Waals surface area (Å²) >= 11 is 6.21. The molecule has 0 unspecified atom stereocenters. The van der Waals surface area contributed by atoms with Crippen LogP contribution in [0.4, 0.5) is 15.9 Å². The lowest BCUT2D eigenvalue weighted by atomic mass is 10.1. The zero-order valence-corrected chi connectivity index (χ0v) is 17.8. The van der Waals surface area contributed by atoms with Crippen molar-refractivity contribution in [2.45, 2.75) is 0 Å². The number of hydrogen-bond donors (Lipinski definition) is 1. The van der Waals surface area contributed by atoms with Crippen LogP contribution in [0, 0.1) is 5.82 Å². The molecule has 6 nitrogen and oxygen atoms in total. The third-order valence-corrected chi connectivity index (χ3v) is 5.02. The summed E-state index contributed by atoms with van der Waals surface area (Å²) in [5.41, 5.74) is 1.93. The number of nitrogens with zero attached hydrogens (tertiary/aromatic N) is 2. The van der Waals surface area contributed by atoms with Crippen LogP contribution in [0.25, 0.3) is 22.3 Å². The zero-order chi connectivity index (χ0) is 22.0. The lowest BCUT2D eigenvalue weighted by Gasteiger charge is -2.15. The smallest absolute Gasteiger partial charge is 0.203 e. The highest BCUT2D eigenvalue weighted by atomic mass is 35.5. The van der Waals surface area contributed by atoms with E-state index >= 15 is 0 Å². The van der Waals surface area contributed by atoms with Gasteiger partial charge in [0.05, 0.1) is 37.6 Å². The Bertz CT molecular complexity index is 1240. The van der Waals surface area contributed by atoms with Crippen molar-refractivity contribution in [1.82, 2.24) is 9.97 Å². The van der Waals surface area contributed by atoms with Crippen molar-refractivity contribution in [2.75, 3.05) is 26.6 Å². The molecule has 158 valence electrons. The van der Waals surface area contributed by atoms with Crippen LogP contribution in [0.2, 0.25) is 5.02 Å². The van der Waals surface area contributed by atoms with Crippen LogP contribution in [0.15, 0.2) is 54.6 Å². The molecule has 0 aliphatic carbocycles. The van der Waals surface area contributed by atoms with E-state index < -0.39 is 5.82 Å². The molecule has 31 heavy (non-hydrogen) atoms. The normalized spacial score (nSPS) is 10.7. The molecule has 8 heteroatoms. The van der Waals surface area contributed by atoms with Crippen molar-refractivity contribution >= 4 is 34.0 Å². The Morgan fingerprint density at radius 3 is 2.23 bits per heavy atom. The molecule has 4 aromatic rings. The molecule has 0 amide bonds. The molecule has 0 atom stereocenters. The second-order valence-electron chi connectivity index (χ2n) is 6.58. The number of para-hydroxylation sites is 1. The summed E-state index contributed by atoms with van der Waals surface area (Å²) in [4.78, 5) is 9.40. The minimum atomic E-state index is -0.416. The second-order valence-corrected chi connectivity index (χ2v) is 6.98. The minimum Gasteiger partial charge on any atom is -0.493 e. The number of aromatic nitrogens is 2. The molecule has 1 N–H and O–H groups in total. The van der Waals surface area contributed by atoms with Gasteiger partial charge in [-0.15, -0.1) is 0 Å². The predicted molar refractivity (Wildman–Crippen MR) is 119 cm³/mol. The first kappa shape index (κ1) is 20.7. The van der Waals surface area contributed by atoms with E-state index in [0.29, 0.717) is 40.1 Å². The number of ether oxygens (including phenoxy) is 3. The Labute approximate surface area is 183 Å². The fourth-order valence-electron chi connectivity index (χ4n) is 3.23. The number of hydrogen-bond acceptors (Lipinski definition) is 6. The fourth-order valence-corrected chi connectivity index (χ4v) is 3.44. The number of fused-ring (bicyclic) bond motifs is 1. The molecule has 0 aliphatic rings. The first-order valence-electron chi connectivity index (χ1n) is 9.33. The van der Waals surface area contributed by atoms with Gasteiger partial charge in [0.25, 0.3) is 0 Å². The Morgan fingerprint density at radius 1 is 0.871 bits per heavy atom. The largest absolute Gasteiger partial charge is 0.493 e. The van der Waals surface area contributed by atoms with Crippen molar-refractivity contribution in [3.05, 3.63) is 65.4 Å². The number of methoxy groups -OCH3 is 3. The maximum absolute atomic E-state index is 13.5. The average molecular weight is 440 g/mol. The maximum Gasteiger partial charge on any atom is 0.203 e. The molecule has 0 spiro atoms. The lowest BCUT2D eigenvalue weighted by molar-refractivity contribution is 0.324. The molecule has 1 aromatic heterocycles. The molecule has 0 fully saturated rings. The molecule has 0 saturated heterocycles. The van der Waals surface area contributed by atoms with Crippen LogP contribution in [0.5, 0.6) is 17.2 Å². The van der Waals surface area contributed by atoms with Crippen LogP contribution in [-0.2, 0) is 0 Å². The molecular formula is C23H19ClFN3O3. The first-order chi connectivity index (χ1) is 15.0. The van der Waals surface area contributed by atoms with E-state index in [1.54, 1.807) is 39.5 Å². The minimum absolute atomic E-state index is 0.247. The summed E-state index contributed by atoms with van der Waals surface area (Å²) in [5.74, 6) is 2.02. The molecule has 0 saturated carbocycles. The summed E-state index contributed by atoms with van der Waals surface area (Å²) < 4.78 is 29.8. The van der Waals surface area contributed by atoms with Crippen LogP contribution in [0.3, 0.4) is 0 Å². The maximum atomic E-state index is 13.5. The summed E-state index contributed by atoms with van der Waals surface area (Å²) in [6.07, 6.45) is 0. The Kier molecular flexibility index (Phi) is 5.77. The first-order valence-corrected chi connectivity index (χ1v) is 9.71. The monoisotopic (exact) mass is 439 g/mol. The number of anilines is 2. The van der Waals surface area contributed by atoms with Gasteiger partial charge >= 0.3 is 0 Å². The molecule has 0 radical (unpaired) electrons. The Morgan fingerprint density at radius 2 is 1.58 bits per heavy atom. The van der Waals surface area contributed by atoms with Crippen molar-refractivity contribution < 1.29 is 18.6 Å². The lowest BCUT2D eigenvalue weighted by Crippen LogP contribution is -2.01. The summed E-state index contributed by atoms with van der Waals surface area (Å²) in [5, 5.41) is 4.23. The third kappa shape index (κ3) is 4.04. The fraction of sp³-hybridized carbons (Fsp3) is 0.130. The molecular weight excluding hydrogens is 421 g/mol. The van der Waals surface area contributed by atoms with E-state index in [1.165, 1.54) is 12.1 Å². The quantitative estimate of drug-likeness (QED) is 0.406. The van der Waals surface area contributed by atoms with E-state index in [9.17, 15) is 4.39 Å².